The maximum atomic E-state index is 14.1. The number of rotatable bonds is 10. The molecule has 0 unspecified atom stereocenters. The highest BCUT2D eigenvalue weighted by Gasteiger charge is 2.27. The molecule has 2 aromatic carbocycles. The molecule has 1 aliphatic rings. The number of amides is 1. The minimum absolute atomic E-state index is 0.0148. The van der Waals surface area contributed by atoms with Crippen molar-refractivity contribution >= 4 is 46.4 Å². The zero-order valence-corrected chi connectivity index (χ0v) is 29.7. The molecule has 12 nitrogen and oxygen atoms in total. The van der Waals surface area contributed by atoms with Gasteiger partial charge in [-0.15, -0.1) is 0 Å². The summed E-state index contributed by atoms with van der Waals surface area (Å²) in [5, 5.41) is 11.6. The number of carbonyl (C=O) groups is 2. The minimum atomic E-state index is -0.580. The van der Waals surface area contributed by atoms with Gasteiger partial charge in [0.2, 0.25) is 0 Å². The molecule has 0 radical (unpaired) electrons. The predicted molar refractivity (Wildman–Crippen MR) is 190 cm³/mol. The molecule has 14 heteroatoms. The Balaban J connectivity index is 1.49. The molecule has 5 rings (SSSR count). The lowest BCUT2D eigenvalue weighted by atomic mass is 9.91. The van der Waals surface area contributed by atoms with Gasteiger partial charge in [-0.1, -0.05) is 11.6 Å². The zero-order valence-electron chi connectivity index (χ0n) is 28.9. The number of alkyl carbamates (subject to hydrolysis) is 1. The van der Waals surface area contributed by atoms with Crippen molar-refractivity contribution in [2.24, 2.45) is 10.7 Å². The molecular weight excluding hydrogens is 667 g/mol. The van der Waals surface area contributed by atoms with E-state index in [1.54, 1.807) is 16.8 Å². The lowest BCUT2D eigenvalue weighted by molar-refractivity contribution is -0.142. The number of carbonyl (C=O) groups excluding carboxylic acids is 2. The third kappa shape index (κ3) is 8.75. The highest BCUT2D eigenvalue weighted by molar-refractivity contribution is 6.33. The SMILES string of the molecule is COC(=O)COc1cc(C)c(-c2cc3c(NC4CCC(NC(=O)OC(C)(C)C)CC4)c(C(N)=Nc4cc(F)ccc4Cl)cnn3c2)cc1OC. The molecule has 1 aliphatic carbocycles. The first kappa shape index (κ1) is 36.2. The van der Waals surface area contributed by atoms with Crippen molar-refractivity contribution in [1.82, 2.24) is 14.9 Å². The number of aryl methyl sites for hydroxylation is 1. The summed E-state index contributed by atoms with van der Waals surface area (Å²) in [5.74, 6) is -0.0553. The minimum Gasteiger partial charge on any atom is -0.493 e. The van der Waals surface area contributed by atoms with Crippen molar-refractivity contribution < 1.29 is 32.9 Å². The molecule has 50 heavy (non-hydrogen) atoms. The van der Waals surface area contributed by atoms with Gasteiger partial charge in [-0.25, -0.2) is 23.5 Å². The summed E-state index contributed by atoms with van der Waals surface area (Å²) in [5.41, 5.74) is 10.7. The summed E-state index contributed by atoms with van der Waals surface area (Å²) >= 11 is 6.32. The Morgan fingerprint density at radius 1 is 1.08 bits per heavy atom. The normalized spacial score (nSPS) is 16.5. The van der Waals surface area contributed by atoms with Crippen molar-refractivity contribution in [3.63, 3.8) is 0 Å². The number of aromatic nitrogens is 2. The van der Waals surface area contributed by atoms with Crippen LogP contribution in [0.4, 0.5) is 20.6 Å². The fraction of sp³-hybridized carbons (Fsp3) is 0.389. The molecule has 0 spiro atoms. The molecule has 0 atom stereocenters. The first-order valence-corrected chi connectivity index (χ1v) is 16.6. The van der Waals surface area contributed by atoms with Gasteiger partial charge in [0.05, 0.1) is 47.9 Å². The van der Waals surface area contributed by atoms with E-state index in [-0.39, 0.29) is 35.2 Å². The first-order valence-electron chi connectivity index (χ1n) is 16.2. The van der Waals surface area contributed by atoms with Gasteiger partial charge in [-0.3, -0.25) is 0 Å². The van der Waals surface area contributed by atoms with Crippen LogP contribution in [0.5, 0.6) is 11.5 Å². The van der Waals surface area contributed by atoms with Crippen LogP contribution in [0.1, 0.15) is 57.6 Å². The molecule has 0 saturated heterocycles. The van der Waals surface area contributed by atoms with Crippen LogP contribution in [-0.4, -0.2) is 66.0 Å². The lowest BCUT2D eigenvalue weighted by Crippen LogP contribution is -2.42. The van der Waals surface area contributed by atoms with Crippen LogP contribution in [0.3, 0.4) is 0 Å². The Morgan fingerprint density at radius 2 is 1.80 bits per heavy atom. The summed E-state index contributed by atoms with van der Waals surface area (Å²) in [6.45, 7) is 7.17. The molecule has 2 aromatic heterocycles. The van der Waals surface area contributed by atoms with E-state index in [2.05, 4.69) is 20.7 Å². The number of methoxy groups -OCH3 is 2. The molecule has 266 valence electrons. The lowest BCUT2D eigenvalue weighted by Gasteiger charge is -2.31. The third-order valence-corrected chi connectivity index (χ3v) is 8.57. The molecule has 1 fully saturated rings. The molecule has 1 saturated carbocycles. The number of amidine groups is 1. The van der Waals surface area contributed by atoms with Crippen LogP contribution in [-0.2, 0) is 14.3 Å². The number of esters is 1. The standard InChI is InChI=1S/C36H42ClFN6O6/c1-20-13-31(49-19-32(45)48-6)30(47-5)16-25(20)21-14-29-33(41-23-8-10-24(11-9-23)42-35(46)50-36(2,3)4)26(17-40-44(29)18-21)34(39)43-28-15-22(38)7-12-27(28)37/h7,12-18,23-24,41H,8-11,19H2,1-6H3,(H2,39,43)(H,42,46). The highest BCUT2D eigenvalue weighted by Crippen LogP contribution is 2.38. The molecule has 4 N–H and O–H groups in total. The smallest absolute Gasteiger partial charge is 0.407 e. The molecule has 0 aliphatic heterocycles. The number of fused-ring (bicyclic) bond motifs is 1. The summed E-state index contributed by atoms with van der Waals surface area (Å²) in [6.07, 6.45) is 6.08. The summed E-state index contributed by atoms with van der Waals surface area (Å²) in [7, 11) is 2.82. The fourth-order valence-corrected chi connectivity index (χ4v) is 5.97. The van der Waals surface area contributed by atoms with E-state index >= 15 is 0 Å². The predicted octanol–water partition coefficient (Wildman–Crippen LogP) is 6.95. The Morgan fingerprint density at radius 3 is 2.48 bits per heavy atom. The average Bonchev–Trinajstić information content (AvgIpc) is 3.50. The second kappa shape index (κ2) is 15.2. The number of nitrogens with two attached hydrogens (primary N) is 1. The maximum absolute atomic E-state index is 14.1. The van der Waals surface area contributed by atoms with Crippen molar-refractivity contribution in [3.8, 4) is 22.6 Å². The number of aliphatic imine (C=N–C) groups is 1. The van der Waals surface area contributed by atoms with E-state index in [9.17, 15) is 14.0 Å². The van der Waals surface area contributed by atoms with Crippen LogP contribution in [0, 0.1) is 12.7 Å². The van der Waals surface area contributed by atoms with Crippen molar-refractivity contribution in [2.45, 2.75) is 71.1 Å². The van der Waals surface area contributed by atoms with E-state index in [1.165, 1.54) is 32.4 Å². The van der Waals surface area contributed by atoms with E-state index in [0.717, 1.165) is 47.9 Å². The topological polar surface area (TPSA) is 151 Å². The van der Waals surface area contributed by atoms with Crippen LogP contribution in [0.15, 0.2) is 53.8 Å². The average molecular weight is 709 g/mol. The number of nitrogens with zero attached hydrogens (tertiary/aromatic N) is 3. The number of halogens is 2. The summed E-state index contributed by atoms with van der Waals surface area (Å²) in [4.78, 5) is 28.5. The van der Waals surface area contributed by atoms with E-state index in [4.69, 9.17) is 36.3 Å². The first-order chi connectivity index (χ1) is 23.7. The Labute approximate surface area is 295 Å². The van der Waals surface area contributed by atoms with E-state index in [0.29, 0.717) is 22.7 Å². The van der Waals surface area contributed by atoms with Gasteiger partial charge >= 0.3 is 12.1 Å². The number of nitrogens with one attached hydrogen (secondary N) is 2. The number of benzene rings is 2. The Hall–Kier alpha value is -5.04. The molecular formula is C36H42ClFN6O6. The number of ether oxygens (including phenoxy) is 4. The van der Waals surface area contributed by atoms with Gasteiger partial charge in [-0.05, 0) is 94.8 Å². The quantitative estimate of drug-likeness (QED) is 0.0904. The molecule has 0 bridgehead atoms. The molecule has 1 amide bonds. The van der Waals surface area contributed by atoms with Gasteiger partial charge in [0.25, 0.3) is 0 Å². The number of anilines is 1. The van der Waals surface area contributed by atoms with Crippen LogP contribution in [0.25, 0.3) is 16.6 Å². The number of hydrogen-bond donors (Lipinski definition) is 3. The molecule has 4 aromatic rings. The van der Waals surface area contributed by atoms with Crippen LogP contribution >= 0.6 is 11.6 Å². The zero-order chi connectivity index (χ0) is 36.2. The Kier molecular flexibility index (Phi) is 11.0. The monoisotopic (exact) mass is 708 g/mol. The molecule has 2 heterocycles. The van der Waals surface area contributed by atoms with Gasteiger partial charge in [-0.2, -0.15) is 5.10 Å². The third-order valence-electron chi connectivity index (χ3n) is 8.25. The Bertz CT molecular complexity index is 1920. The second-order valence-corrected chi connectivity index (χ2v) is 13.5. The largest absolute Gasteiger partial charge is 0.493 e. The van der Waals surface area contributed by atoms with E-state index in [1.807, 2.05) is 46.0 Å². The van der Waals surface area contributed by atoms with Gasteiger partial charge < -0.3 is 35.3 Å². The van der Waals surface area contributed by atoms with Gasteiger partial charge in [0.15, 0.2) is 18.1 Å². The van der Waals surface area contributed by atoms with Crippen LogP contribution < -0.4 is 25.8 Å². The summed E-state index contributed by atoms with van der Waals surface area (Å²) in [6, 6.07) is 9.54. The van der Waals surface area contributed by atoms with Crippen LogP contribution in [0.2, 0.25) is 5.02 Å². The highest BCUT2D eigenvalue weighted by atomic mass is 35.5. The maximum Gasteiger partial charge on any atom is 0.407 e. The van der Waals surface area contributed by atoms with Crippen molar-refractivity contribution in [1.29, 1.82) is 0 Å². The summed E-state index contributed by atoms with van der Waals surface area (Å²) < 4.78 is 37.2. The van der Waals surface area contributed by atoms with E-state index < -0.39 is 23.5 Å². The van der Waals surface area contributed by atoms with Crippen molar-refractivity contribution in [2.75, 3.05) is 26.1 Å². The van der Waals surface area contributed by atoms with Gasteiger partial charge in [0, 0.05) is 29.9 Å². The second-order valence-electron chi connectivity index (χ2n) is 13.1. The number of hydrogen-bond acceptors (Lipinski definition) is 9. The van der Waals surface area contributed by atoms with Crippen molar-refractivity contribution in [3.05, 3.63) is 70.8 Å². The fourth-order valence-electron chi connectivity index (χ4n) is 5.81. The van der Waals surface area contributed by atoms with Gasteiger partial charge in [0.1, 0.15) is 17.3 Å².